The van der Waals surface area contributed by atoms with Crippen LogP contribution in [0.2, 0.25) is 0 Å². The second kappa shape index (κ2) is 12.3. The van der Waals surface area contributed by atoms with E-state index in [0.717, 1.165) is 31.2 Å². The Morgan fingerprint density at radius 2 is 1.54 bits per heavy atom. The van der Waals surface area contributed by atoms with Crippen LogP contribution in [0.3, 0.4) is 0 Å². The van der Waals surface area contributed by atoms with Gasteiger partial charge in [-0.05, 0) is 49.3 Å². The van der Waals surface area contributed by atoms with Crippen LogP contribution in [-0.2, 0) is 23.0 Å². The summed E-state index contributed by atoms with van der Waals surface area (Å²) in [5.74, 6) is 0.586. The Morgan fingerprint density at radius 1 is 0.923 bits per heavy atom. The summed E-state index contributed by atoms with van der Waals surface area (Å²) in [5.41, 5.74) is 1.13. The van der Waals surface area contributed by atoms with E-state index in [0.29, 0.717) is 5.75 Å². The van der Waals surface area contributed by atoms with E-state index in [9.17, 15) is 13.0 Å². The van der Waals surface area contributed by atoms with Crippen molar-refractivity contribution in [2.75, 3.05) is 0 Å². The van der Waals surface area contributed by atoms with Gasteiger partial charge in [-0.25, -0.2) is 0 Å². The van der Waals surface area contributed by atoms with Crippen molar-refractivity contribution >= 4 is 10.1 Å². The molecule has 0 aliphatic rings. The Morgan fingerprint density at radius 3 is 2.08 bits per heavy atom. The molecule has 0 spiro atoms. The van der Waals surface area contributed by atoms with E-state index < -0.39 is 15.6 Å². The van der Waals surface area contributed by atoms with E-state index in [1.807, 2.05) is 12.1 Å². The number of hydrogen-bond acceptors (Lipinski definition) is 3. The Hall–Kier alpha value is -1.07. The van der Waals surface area contributed by atoms with Crippen molar-refractivity contribution < 1.29 is 17.7 Å². The zero-order valence-corrected chi connectivity index (χ0v) is 17.5. The van der Waals surface area contributed by atoms with Crippen LogP contribution in [0.1, 0.15) is 89.7 Å². The molecular weight excluding hydrogens is 348 g/mol. The van der Waals surface area contributed by atoms with E-state index >= 15 is 0 Å². The molecule has 0 bridgehead atoms. The molecule has 1 aromatic carbocycles. The largest absolute Gasteiger partial charge is 0.472 e. The summed E-state index contributed by atoms with van der Waals surface area (Å²) in [6, 6.07) is 6.05. The molecule has 0 saturated heterocycles. The van der Waals surface area contributed by atoms with Crippen molar-refractivity contribution in [2.24, 2.45) is 0 Å². The molecule has 1 atom stereocenters. The van der Waals surface area contributed by atoms with Gasteiger partial charge in [-0.15, -0.1) is 0 Å². The fourth-order valence-corrected chi connectivity index (χ4v) is 3.74. The lowest BCUT2D eigenvalue weighted by molar-refractivity contribution is 0.250. The standard InChI is InChI=1S/C21H36O4S/c1-4-7-9-11-13-18-15-16-20(25-21(6-3)26(22,23)24)19(17-18)14-12-10-8-5-2/h15-17,21H,4-14H2,1-3H3,(H,22,23,24). The van der Waals surface area contributed by atoms with Crippen molar-refractivity contribution in [1.82, 2.24) is 0 Å². The predicted molar refractivity (Wildman–Crippen MR) is 108 cm³/mol. The Balaban J connectivity index is 2.88. The Bertz CT molecular complexity index is 610. The molecule has 1 N–H and O–H groups in total. The molecule has 150 valence electrons. The maximum Gasteiger partial charge on any atom is 0.303 e. The summed E-state index contributed by atoms with van der Waals surface area (Å²) in [6.45, 7) is 6.09. The fraction of sp³-hybridized carbons (Fsp3) is 0.714. The zero-order chi connectivity index (χ0) is 19.4. The highest BCUT2D eigenvalue weighted by Crippen LogP contribution is 2.26. The summed E-state index contributed by atoms with van der Waals surface area (Å²) >= 11 is 0. The molecule has 0 radical (unpaired) electrons. The topological polar surface area (TPSA) is 63.6 Å². The number of hydrogen-bond donors (Lipinski definition) is 1. The maximum atomic E-state index is 11.5. The lowest BCUT2D eigenvalue weighted by Gasteiger charge is -2.18. The van der Waals surface area contributed by atoms with E-state index in [1.54, 1.807) is 6.92 Å². The number of ether oxygens (including phenoxy) is 1. The number of rotatable bonds is 14. The molecule has 0 amide bonds. The minimum atomic E-state index is -4.21. The van der Waals surface area contributed by atoms with Crippen LogP contribution in [0, 0.1) is 0 Å². The van der Waals surface area contributed by atoms with Crippen LogP contribution >= 0.6 is 0 Å². The van der Waals surface area contributed by atoms with Gasteiger partial charge in [0, 0.05) is 0 Å². The molecule has 0 aromatic heterocycles. The lowest BCUT2D eigenvalue weighted by atomic mass is 9.99. The molecule has 1 rings (SSSR count). The second-order valence-electron chi connectivity index (χ2n) is 7.03. The third-order valence-electron chi connectivity index (χ3n) is 4.67. The second-order valence-corrected chi connectivity index (χ2v) is 8.59. The molecule has 1 aromatic rings. The molecule has 0 aliphatic heterocycles. The summed E-state index contributed by atoms with van der Waals surface area (Å²) < 4.78 is 38.0. The van der Waals surface area contributed by atoms with Crippen molar-refractivity contribution in [3.05, 3.63) is 29.3 Å². The van der Waals surface area contributed by atoms with E-state index in [-0.39, 0.29) is 6.42 Å². The van der Waals surface area contributed by atoms with Gasteiger partial charge in [0.25, 0.3) is 0 Å². The Kier molecular flexibility index (Phi) is 10.9. The molecular formula is C21H36O4S. The van der Waals surface area contributed by atoms with Gasteiger partial charge in [-0.2, -0.15) is 8.42 Å². The first-order chi connectivity index (χ1) is 12.4. The molecule has 0 saturated carbocycles. The van der Waals surface area contributed by atoms with Crippen molar-refractivity contribution in [3.8, 4) is 5.75 Å². The minimum absolute atomic E-state index is 0.215. The quantitative estimate of drug-likeness (QED) is 0.319. The molecule has 0 heterocycles. The van der Waals surface area contributed by atoms with Crippen LogP contribution in [0.5, 0.6) is 5.75 Å². The van der Waals surface area contributed by atoms with Gasteiger partial charge in [-0.1, -0.05) is 71.4 Å². The molecule has 5 heteroatoms. The summed E-state index contributed by atoms with van der Waals surface area (Å²) in [4.78, 5) is 0. The predicted octanol–water partition coefficient (Wildman–Crippen LogP) is 5.93. The average Bonchev–Trinajstić information content (AvgIpc) is 2.60. The molecule has 26 heavy (non-hydrogen) atoms. The molecule has 4 nitrogen and oxygen atoms in total. The van der Waals surface area contributed by atoms with Crippen LogP contribution < -0.4 is 4.74 Å². The third-order valence-corrected chi connectivity index (χ3v) is 5.76. The van der Waals surface area contributed by atoms with Gasteiger partial charge in [0.05, 0.1) is 0 Å². The van der Waals surface area contributed by atoms with Gasteiger partial charge >= 0.3 is 10.1 Å². The van der Waals surface area contributed by atoms with Gasteiger partial charge in [0.2, 0.25) is 5.44 Å². The lowest BCUT2D eigenvalue weighted by Crippen LogP contribution is -2.26. The third kappa shape index (κ3) is 8.54. The van der Waals surface area contributed by atoms with Crippen LogP contribution in [0.25, 0.3) is 0 Å². The number of aryl methyl sites for hydroxylation is 2. The van der Waals surface area contributed by atoms with E-state index in [1.165, 1.54) is 44.1 Å². The summed E-state index contributed by atoms with van der Waals surface area (Å²) in [6.07, 6.45) is 11.6. The number of benzene rings is 1. The maximum absolute atomic E-state index is 11.5. The van der Waals surface area contributed by atoms with Gasteiger partial charge in [0.15, 0.2) is 0 Å². The summed E-state index contributed by atoms with van der Waals surface area (Å²) in [5, 5.41) is 0. The van der Waals surface area contributed by atoms with E-state index in [2.05, 4.69) is 19.9 Å². The fourth-order valence-electron chi connectivity index (χ4n) is 3.09. The first-order valence-corrected chi connectivity index (χ1v) is 11.7. The molecule has 0 aliphatic carbocycles. The number of unbranched alkanes of at least 4 members (excludes halogenated alkanes) is 6. The average molecular weight is 385 g/mol. The van der Waals surface area contributed by atoms with Gasteiger partial charge in [0.1, 0.15) is 5.75 Å². The van der Waals surface area contributed by atoms with Crippen LogP contribution in [0.4, 0.5) is 0 Å². The van der Waals surface area contributed by atoms with Crippen molar-refractivity contribution in [2.45, 2.75) is 96.8 Å². The highest BCUT2D eigenvalue weighted by Gasteiger charge is 2.23. The van der Waals surface area contributed by atoms with E-state index in [4.69, 9.17) is 4.74 Å². The van der Waals surface area contributed by atoms with Crippen LogP contribution in [-0.4, -0.2) is 18.4 Å². The Labute approximate surface area is 160 Å². The first kappa shape index (κ1) is 23.0. The highest BCUT2D eigenvalue weighted by molar-refractivity contribution is 7.86. The molecule has 1 unspecified atom stereocenters. The monoisotopic (exact) mass is 384 g/mol. The van der Waals surface area contributed by atoms with Gasteiger partial charge in [-0.3, -0.25) is 4.55 Å². The molecule has 0 fully saturated rings. The summed E-state index contributed by atoms with van der Waals surface area (Å²) in [7, 11) is -4.21. The van der Waals surface area contributed by atoms with Crippen molar-refractivity contribution in [1.29, 1.82) is 0 Å². The zero-order valence-electron chi connectivity index (χ0n) is 16.7. The minimum Gasteiger partial charge on any atom is -0.472 e. The van der Waals surface area contributed by atoms with Crippen LogP contribution in [0.15, 0.2) is 18.2 Å². The highest BCUT2D eigenvalue weighted by atomic mass is 32.2. The smallest absolute Gasteiger partial charge is 0.303 e. The normalized spacial score (nSPS) is 12.9. The van der Waals surface area contributed by atoms with Gasteiger partial charge < -0.3 is 4.74 Å². The SMILES string of the molecule is CCCCCCc1ccc(OC(CC)S(=O)(=O)O)c(CCCCCC)c1. The first-order valence-electron chi connectivity index (χ1n) is 10.2. The van der Waals surface area contributed by atoms with Crippen molar-refractivity contribution in [3.63, 3.8) is 0 Å².